The van der Waals surface area contributed by atoms with Gasteiger partial charge in [0.1, 0.15) is 0 Å². The average molecular weight is 319 g/mol. The molecule has 9 heteroatoms. The van der Waals surface area contributed by atoms with Crippen molar-refractivity contribution in [1.82, 2.24) is 15.5 Å². The Hall–Kier alpha value is -1.09. The van der Waals surface area contributed by atoms with Crippen molar-refractivity contribution in [2.24, 2.45) is 0 Å². The monoisotopic (exact) mass is 319 g/mol. The molecule has 20 heavy (non-hydrogen) atoms. The highest BCUT2D eigenvalue weighted by atomic mass is 32.2. The summed E-state index contributed by atoms with van der Waals surface area (Å²) in [5, 5.41) is 10.8. The van der Waals surface area contributed by atoms with Gasteiger partial charge in [-0.3, -0.25) is 4.79 Å². The summed E-state index contributed by atoms with van der Waals surface area (Å²) >= 11 is 1.15. The van der Waals surface area contributed by atoms with Gasteiger partial charge in [-0.15, -0.1) is 10.2 Å². The summed E-state index contributed by atoms with van der Waals surface area (Å²) < 4.78 is 28.2. The lowest BCUT2D eigenvalue weighted by molar-refractivity contribution is -0.119. The summed E-state index contributed by atoms with van der Waals surface area (Å²) in [7, 11) is -2.97. The Morgan fingerprint density at radius 1 is 1.50 bits per heavy atom. The summed E-state index contributed by atoms with van der Waals surface area (Å²) in [6.07, 6.45) is 0.516. The Bertz CT molecular complexity index is 582. The number of carbonyl (C=O) groups is 1. The third kappa shape index (κ3) is 4.20. The van der Waals surface area contributed by atoms with E-state index in [1.165, 1.54) is 0 Å². The number of nitrogens with zero attached hydrogens (tertiary/aromatic N) is 2. The summed E-state index contributed by atoms with van der Waals surface area (Å²) in [6, 6.07) is 0.0880. The molecule has 1 atom stereocenters. The lowest BCUT2D eigenvalue weighted by atomic mass is 10.1. The number of amides is 1. The molecule has 0 aromatic carbocycles. The Labute approximate surface area is 121 Å². The maximum Gasteiger partial charge on any atom is 0.277 e. The van der Waals surface area contributed by atoms with Crippen LogP contribution in [0.3, 0.4) is 0 Å². The molecule has 2 rings (SSSR count). The van der Waals surface area contributed by atoms with Crippen molar-refractivity contribution in [3.8, 4) is 0 Å². The lowest BCUT2D eigenvalue weighted by Crippen LogP contribution is -2.31. The van der Waals surface area contributed by atoms with Gasteiger partial charge < -0.3 is 9.73 Å². The number of rotatable bonds is 5. The number of aromatic nitrogens is 2. The van der Waals surface area contributed by atoms with Crippen molar-refractivity contribution in [3.63, 3.8) is 0 Å². The average Bonchev–Trinajstić information content (AvgIpc) is 2.92. The van der Waals surface area contributed by atoms with E-state index in [4.69, 9.17) is 4.42 Å². The van der Waals surface area contributed by atoms with Gasteiger partial charge in [0.05, 0.1) is 23.2 Å². The van der Waals surface area contributed by atoms with Gasteiger partial charge in [0.2, 0.25) is 11.8 Å². The zero-order valence-electron chi connectivity index (χ0n) is 11.3. The predicted molar refractivity (Wildman–Crippen MR) is 74.3 cm³/mol. The molecule has 1 amide bonds. The fourth-order valence-corrected chi connectivity index (χ4v) is 4.24. The zero-order valence-corrected chi connectivity index (χ0v) is 13.0. The number of carbonyl (C=O) groups excluding carboxylic acids is 1. The van der Waals surface area contributed by atoms with Crippen LogP contribution in [0.15, 0.2) is 9.64 Å². The van der Waals surface area contributed by atoms with E-state index in [0.29, 0.717) is 17.5 Å². The van der Waals surface area contributed by atoms with Crippen LogP contribution in [0.1, 0.15) is 32.1 Å². The highest BCUT2D eigenvalue weighted by Crippen LogP contribution is 2.29. The van der Waals surface area contributed by atoms with E-state index < -0.39 is 9.84 Å². The van der Waals surface area contributed by atoms with Gasteiger partial charge in [-0.2, -0.15) is 0 Å². The smallest absolute Gasteiger partial charge is 0.277 e. The van der Waals surface area contributed by atoms with E-state index in [0.717, 1.165) is 11.8 Å². The van der Waals surface area contributed by atoms with Crippen LogP contribution >= 0.6 is 11.8 Å². The second-order valence-electron chi connectivity index (χ2n) is 5.02. The maximum absolute atomic E-state index is 11.5. The van der Waals surface area contributed by atoms with Crippen molar-refractivity contribution in [2.45, 2.75) is 37.5 Å². The first-order valence-electron chi connectivity index (χ1n) is 6.32. The zero-order chi connectivity index (χ0) is 14.8. The van der Waals surface area contributed by atoms with Gasteiger partial charge in [0.25, 0.3) is 5.22 Å². The SMILES string of the molecule is CC(C)NC(=O)CSc1nnc([C@H]2CCS(=O)(=O)C2)o1. The van der Waals surface area contributed by atoms with Crippen LogP contribution in [0.25, 0.3) is 0 Å². The standard InChI is InChI=1S/C11H17N3O4S2/c1-7(2)12-9(15)5-19-11-14-13-10(18-11)8-3-4-20(16,17)6-8/h7-8H,3-6H2,1-2H3,(H,12,15)/t8-/m0/s1. The number of nitrogens with one attached hydrogen (secondary N) is 1. The van der Waals surface area contributed by atoms with Crippen LogP contribution in [-0.4, -0.2) is 47.8 Å². The Balaban J connectivity index is 1.88. The van der Waals surface area contributed by atoms with Gasteiger partial charge in [0, 0.05) is 6.04 Å². The van der Waals surface area contributed by atoms with Crippen LogP contribution in [0.2, 0.25) is 0 Å². The van der Waals surface area contributed by atoms with Crippen molar-refractivity contribution in [1.29, 1.82) is 0 Å². The predicted octanol–water partition coefficient (Wildman–Crippen LogP) is 0.588. The van der Waals surface area contributed by atoms with Crippen molar-refractivity contribution < 1.29 is 17.6 Å². The highest BCUT2D eigenvalue weighted by molar-refractivity contribution is 7.99. The third-order valence-corrected chi connectivity index (χ3v) is 5.37. The quantitative estimate of drug-likeness (QED) is 0.792. The van der Waals surface area contributed by atoms with Crippen molar-refractivity contribution >= 4 is 27.5 Å². The molecule has 1 aliphatic rings. The number of hydrogen-bond acceptors (Lipinski definition) is 7. The Kier molecular flexibility index (Phi) is 4.69. The molecule has 2 heterocycles. The summed E-state index contributed by atoms with van der Waals surface area (Å²) in [5.41, 5.74) is 0. The minimum Gasteiger partial charge on any atom is -0.416 e. The van der Waals surface area contributed by atoms with Gasteiger partial charge >= 0.3 is 0 Å². The van der Waals surface area contributed by atoms with Crippen molar-refractivity contribution in [2.75, 3.05) is 17.3 Å². The van der Waals surface area contributed by atoms with Crippen LogP contribution in [0.4, 0.5) is 0 Å². The van der Waals surface area contributed by atoms with E-state index in [1.54, 1.807) is 0 Å². The fourth-order valence-electron chi connectivity index (χ4n) is 1.92. The van der Waals surface area contributed by atoms with Crippen LogP contribution in [0, 0.1) is 0 Å². The number of sulfone groups is 1. The van der Waals surface area contributed by atoms with Crippen LogP contribution in [-0.2, 0) is 14.6 Å². The molecule has 1 saturated heterocycles. The van der Waals surface area contributed by atoms with Gasteiger partial charge in [0.15, 0.2) is 9.84 Å². The molecule has 0 unspecified atom stereocenters. The lowest BCUT2D eigenvalue weighted by Gasteiger charge is -2.06. The van der Waals surface area contributed by atoms with E-state index in [9.17, 15) is 13.2 Å². The Morgan fingerprint density at radius 3 is 2.85 bits per heavy atom. The number of hydrogen-bond donors (Lipinski definition) is 1. The molecule has 0 spiro atoms. The van der Waals surface area contributed by atoms with Gasteiger partial charge in [-0.05, 0) is 20.3 Å². The molecule has 112 valence electrons. The normalized spacial score (nSPS) is 21.2. The summed E-state index contributed by atoms with van der Waals surface area (Å²) in [6.45, 7) is 3.77. The first-order valence-corrected chi connectivity index (χ1v) is 9.12. The number of thioether (sulfide) groups is 1. The summed E-state index contributed by atoms with van der Waals surface area (Å²) in [5.74, 6) is 0.451. The third-order valence-electron chi connectivity index (χ3n) is 2.78. The largest absolute Gasteiger partial charge is 0.416 e. The topological polar surface area (TPSA) is 102 Å². The molecule has 7 nitrogen and oxygen atoms in total. The second kappa shape index (κ2) is 6.13. The van der Waals surface area contributed by atoms with E-state index >= 15 is 0 Å². The molecule has 0 saturated carbocycles. The Morgan fingerprint density at radius 2 is 2.25 bits per heavy atom. The molecular weight excluding hydrogens is 302 g/mol. The van der Waals surface area contributed by atoms with E-state index in [2.05, 4.69) is 15.5 Å². The molecule has 0 aliphatic carbocycles. The molecule has 1 aromatic heterocycles. The molecule has 0 radical (unpaired) electrons. The van der Waals surface area contributed by atoms with Gasteiger partial charge in [-0.25, -0.2) is 8.42 Å². The fraction of sp³-hybridized carbons (Fsp3) is 0.727. The van der Waals surface area contributed by atoms with E-state index in [1.807, 2.05) is 13.8 Å². The maximum atomic E-state index is 11.5. The molecule has 1 N–H and O–H groups in total. The van der Waals surface area contributed by atoms with Gasteiger partial charge in [-0.1, -0.05) is 11.8 Å². The molecular formula is C11H17N3O4S2. The van der Waals surface area contributed by atoms with Crippen LogP contribution in [0.5, 0.6) is 0 Å². The second-order valence-corrected chi connectivity index (χ2v) is 8.17. The minimum absolute atomic E-state index is 0.0626. The molecule has 1 aliphatic heterocycles. The molecule has 1 aromatic rings. The molecule has 0 bridgehead atoms. The highest BCUT2D eigenvalue weighted by Gasteiger charge is 2.32. The van der Waals surface area contributed by atoms with Crippen LogP contribution < -0.4 is 5.32 Å². The van der Waals surface area contributed by atoms with Crippen molar-refractivity contribution in [3.05, 3.63) is 5.89 Å². The molecule has 1 fully saturated rings. The first-order chi connectivity index (χ1) is 9.35. The summed E-state index contributed by atoms with van der Waals surface area (Å²) in [4.78, 5) is 11.5. The van der Waals surface area contributed by atoms with E-state index in [-0.39, 0.29) is 35.1 Å². The minimum atomic E-state index is -2.97. The first kappa shape index (κ1) is 15.3.